The number of fused-ring (bicyclic) bond motifs is 6. The fourth-order valence-corrected chi connectivity index (χ4v) is 11.0. The summed E-state index contributed by atoms with van der Waals surface area (Å²) >= 11 is 0. The highest BCUT2D eigenvalue weighted by atomic mass is 35.5. The Labute approximate surface area is 500 Å². The molecule has 0 radical (unpaired) electrons. The van der Waals surface area contributed by atoms with Crippen molar-refractivity contribution in [3.8, 4) is 67.8 Å². The van der Waals surface area contributed by atoms with Crippen molar-refractivity contribution in [3.05, 3.63) is 182 Å². The monoisotopic (exact) mass is 1190 g/mol. The Morgan fingerprint density at radius 1 is 0.571 bits per heavy atom. The van der Waals surface area contributed by atoms with Crippen LogP contribution in [0.2, 0.25) is 0 Å². The number of hydrogen-bond acceptors (Lipinski definition) is 11. The Hall–Kier alpha value is -8.68. The Morgan fingerprint density at radius 2 is 0.988 bits per heavy atom. The first-order valence-corrected chi connectivity index (χ1v) is 26.9. The molecule has 428 valence electrons. The van der Waals surface area contributed by atoms with Crippen LogP contribution in [-0.4, -0.2) is 70.0 Å². The maximum atomic E-state index is 13.9. The second-order valence-electron chi connectivity index (χ2n) is 22.3. The van der Waals surface area contributed by atoms with Gasteiger partial charge in [-0.1, -0.05) is 72.8 Å². The number of rotatable bonds is 9. The van der Waals surface area contributed by atoms with E-state index in [9.17, 15) is 13.6 Å². The summed E-state index contributed by atoms with van der Waals surface area (Å²) in [5, 5.41) is 22.6. The minimum absolute atomic E-state index is 0. The highest BCUT2D eigenvalue weighted by Gasteiger charge is 2.41. The van der Waals surface area contributed by atoms with E-state index in [-0.39, 0.29) is 54.4 Å². The molecule has 8 aromatic heterocycles. The molecule has 0 atom stereocenters. The predicted molar refractivity (Wildman–Crippen MR) is 329 cm³/mol. The van der Waals surface area contributed by atoms with Gasteiger partial charge < -0.3 is 24.9 Å². The second-order valence-corrected chi connectivity index (χ2v) is 22.3. The number of aryl methyl sites for hydroxylation is 2. The lowest BCUT2D eigenvalue weighted by Crippen LogP contribution is -2.52. The smallest absolute Gasteiger partial charge is 0.408 e. The zero-order valence-corrected chi connectivity index (χ0v) is 48.9. The van der Waals surface area contributed by atoms with E-state index < -0.39 is 17.2 Å². The third kappa shape index (κ3) is 10.9. The van der Waals surface area contributed by atoms with Crippen LogP contribution >= 0.6 is 37.2 Å². The lowest BCUT2D eigenvalue weighted by atomic mass is 9.71. The molecule has 2 saturated carbocycles. The normalized spacial score (nSPS) is 14.1. The van der Waals surface area contributed by atoms with Crippen LogP contribution in [0.4, 0.5) is 13.6 Å². The van der Waals surface area contributed by atoms with Gasteiger partial charge in [0.1, 0.15) is 28.6 Å². The third-order valence-corrected chi connectivity index (χ3v) is 15.6. The van der Waals surface area contributed by atoms with Crippen molar-refractivity contribution in [1.82, 2.24) is 63.6 Å². The number of ether oxygens (including phenoxy) is 1. The van der Waals surface area contributed by atoms with Crippen LogP contribution in [0.5, 0.6) is 0 Å². The van der Waals surface area contributed by atoms with Crippen LogP contribution in [0.1, 0.15) is 70.4 Å². The van der Waals surface area contributed by atoms with Gasteiger partial charge in [-0.2, -0.15) is 0 Å². The number of benzene rings is 4. The summed E-state index contributed by atoms with van der Waals surface area (Å²) in [4.78, 5) is 31.7. The molecular weight excluding hydrogens is 1130 g/mol. The van der Waals surface area contributed by atoms with E-state index in [1.54, 1.807) is 36.9 Å². The van der Waals surface area contributed by atoms with Gasteiger partial charge in [-0.25, -0.2) is 33.5 Å². The van der Waals surface area contributed by atoms with Gasteiger partial charge in [-0.15, -0.1) is 57.6 Å². The molecule has 16 nitrogen and oxygen atoms in total. The van der Waals surface area contributed by atoms with Crippen molar-refractivity contribution in [2.45, 2.75) is 76.0 Å². The van der Waals surface area contributed by atoms with Crippen LogP contribution in [0, 0.1) is 11.6 Å². The number of aromatic nitrogens is 12. The molecule has 2 aliphatic carbocycles. The lowest BCUT2D eigenvalue weighted by molar-refractivity contribution is 0.0377. The zero-order valence-electron chi connectivity index (χ0n) is 46.5. The lowest BCUT2D eigenvalue weighted by Gasteiger charge is -2.43. The number of carbonyl (C=O) groups is 1. The molecular formula is C63H59Cl3F2N14O2. The van der Waals surface area contributed by atoms with Crippen LogP contribution in [0.15, 0.2) is 159 Å². The first-order valence-electron chi connectivity index (χ1n) is 26.9. The quantitative estimate of drug-likeness (QED) is 0.140. The number of pyridine rings is 4. The van der Waals surface area contributed by atoms with E-state index in [0.29, 0.717) is 28.6 Å². The Kier molecular flexibility index (Phi) is 15.9. The Morgan fingerprint density at radius 3 is 1.36 bits per heavy atom. The molecule has 0 spiro atoms. The summed E-state index contributed by atoms with van der Waals surface area (Å²) in [6.07, 6.45) is 16.6. The summed E-state index contributed by atoms with van der Waals surface area (Å²) in [6.45, 7) is 5.58. The number of nitrogens with zero attached hydrogens (tertiary/aromatic N) is 12. The molecule has 8 heterocycles. The Balaban J connectivity index is 0.000000183. The standard InChI is InChI=1S/C34H32FN7O2.C29H24FN7.3ClH/c1-33(2,3)44-32(43)38-34(15-5-16-34)23-10-6-22(7-11-23)29-25(21-8-12-24(35)13-9-21)18-26-27(37-29)14-17-42-30(26)39-40-31(42)28-19-41(4)20-36-28;1-36-16-25(32-17-36)28-35-34-27-23-15-22(18-5-9-21(30)10-6-18)26(33-24(23)11-14-37(27)28)19-3-7-20(8-4-19)29(31)12-2-13-29;;;/h6-14,17-20H,5,15-16H2,1-4H3,(H,38,43);3-11,14-17H,2,12-13,31H2,1H3;3*1H. The van der Waals surface area contributed by atoms with Crippen LogP contribution in [0.3, 0.4) is 0 Å². The number of carbonyl (C=O) groups excluding carboxylic acids is 1. The predicted octanol–water partition coefficient (Wildman–Crippen LogP) is 13.8. The van der Waals surface area contributed by atoms with Crippen LogP contribution in [0.25, 0.3) is 101 Å². The molecule has 4 aromatic carbocycles. The minimum atomic E-state index is -0.574. The molecule has 21 heteroatoms. The van der Waals surface area contributed by atoms with Crippen molar-refractivity contribution < 1.29 is 18.3 Å². The van der Waals surface area contributed by atoms with Gasteiger partial charge in [0, 0.05) is 77.4 Å². The maximum Gasteiger partial charge on any atom is 0.408 e. The maximum absolute atomic E-state index is 13.9. The summed E-state index contributed by atoms with van der Waals surface area (Å²) in [6, 6.07) is 37.5. The Bertz CT molecular complexity index is 4380. The molecule has 0 saturated heterocycles. The third-order valence-electron chi connectivity index (χ3n) is 15.6. The number of amides is 1. The molecule has 2 fully saturated rings. The number of halogens is 5. The van der Waals surface area contributed by atoms with Crippen LogP contribution in [-0.2, 0) is 29.9 Å². The summed E-state index contributed by atoms with van der Waals surface area (Å²) in [5.74, 6) is 0.705. The average Bonchev–Trinajstić information content (AvgIpc) is 3.48. The van der Waals surface area contributed by atoms with Gasteiger partial charge in [0.2, 0.25) is 0 Å². The van der Waals surface area contributed by atoms with Gasteiger partial charge in [0.15, 0.2) is 22.9 Å². The van der Waals surface area contributed by atoms with E-state index in [2.05, 4.69) is 66.0 Å². The van der Waals surface area contributed by atoms with Gasteiger partial charge in [-0.05, 0) is 130 Å². The van der Waals surface area contributed by atoms with E-state index >= 15 is 0 Å². The minimum Gasteiger partial charge on any atom is -0.444 e. The molecule has 1 amide bonds. The van der Waals surface area contributed by atoms with Gasteiger partial charge in [-0.3, -0.25) is 8.80 Å². The van der Waals surface area contributed by atoms with Crippen molar-refractivity contribution in [3.63, 3.8) is 0 Å². The summed E-state index contributed by atoms with van der Waals surface area (Å²) < 4.78 is 40.9. The fraction of sp³-hybridized carbons (Fsp3) is 0.222. The SMILES string of the molecule is Cl.Cl.Cl.Cn1cnc(-c2nnc3c4cc(-c5ccc(F)cc5)c(-c5ccc(C6(N)CCC6)cc5)nc4ccn23)c1.Cn1cnc(-c2nnc3c4cc(-c5ccc(F)cc5)c(-c5ccc(C6(NC(=O)OC(C)(C)C)CCC6)cc5)nc4ccn23)c1. The van der Waals surface area contributed by atoms with Crippen molar-refractivity contribution in [1.29, 1.82) is 0 Å². The van der Waals surface area contributed by atoms with E-state index in [1.807, 2.05) is 120 Å². The fourth-order valence-electron chi connectivity index (χ4n) is 11.0. The van der Waals surface area contributed by atoms with Crippen LogP contribution < -0.4 is 11.1 Å². The molecule has 3 N–H and O–H groups in total. The van der Waals surface area contributed by atoms with Gasteiger partial charge in [0.25, 0.3) is 0 Å². The highest BCUT2D eigenvalue weighted by molar-refractivity contribution is 6.00. The van der Waals surface area contributed by atoms with E-state index in [1.165, 1.54) is 30.7 Å². The molecule has 12 aromatic rings. The topological polar surface area (TPSA) is 186 Å². The molecule has 14 rings (SSSR count). The van der Waals surface area contributed by atoms with Gasteiger partial charge >= 0.3 is 6.09 Å². The molecule has 0 unspecified atom stereocenters. The molecule has 0 bridgehead atoms. The molecule has 0 aliphatic heterocycles. The van der Waals surface area contributed by atoms with Crippen molar-refractivity contribution in [2.75, 3.05) is 0 Å². The molecule has 2 aliphatic rings. The number of nitrogens with one attached hydrogen (secondary N) is 1. The summed E-state index contributed by atoms with van der Waals surface area (Å²) in [5.41, 5.74) is 18.7. The second kappa shape index (κ2) is 22.8. The number of hydrogen-bond donors (Lipinski definition) is 2. The summed E-state index contributed by atoms with van der Waals surface area (Å²) in [7, 11) is 3.83. The number of imidazole rings is 2. The van der Waals surface area contributed by atoms with Gasteiger partial charge in [0.05, 0.1) is 40.6 Å². The first kappa shape index (κ1) is 58.5. The largest absolute Gasteiger partial charge is 0.444 e. The van der Waals surface area contributed by atoms with E-state index in [4.69, 9.17) is 20.4 Å². The first-order chi connectivity index (χ1) is 39.1. The molecule has 84 heavy (non-hydrogen) atoms. The number of nitrogens with two attached hydrogens (primary N) is 1. The average molecular weight is 1190 g/mol. The van der Waals surface area contributed by atoms with E-state index in [0.717, 1.165) is 115 Å². The highest BCUT2D eigenvalue weighted by Crippen LogP contribution is 2.44. The number of alkyl carbamates (subject to hydrolysis) is 1. The zero-order chi connectivity index (χ0) is 55.8. The van der Waals surface area contributed by atoms with Crippen molar-refractivity contribution >= 4 is 76.4 Å². The van der Waals surface area contributed by atoms with Crippen molar-refractivity contribution in [2.24, 2.45) is 19.8 Å².